The molecule has 1 N–H and O–H groups in total. The number of carbonyl (C=O) groups is 1. The summed E-state index contributed by atoms with van der Waals surface area (Å²) >= 11 is 3.37. The van der Waals surface area contributed by atoms with Crippen LogP contribution in [0.1, 0.15) is 11.4 Å². The lowest BCUT2D eigenvalue weighted by Crippen LogP contribution is -2.20. The molecule has 9 heteroatoms. The van der Waals surface area contributed by atoms with Crippen LogP contribution in [0.3, 0.4) is 0 Å². The van der Waals surface area contributed by atoms with Crippen LogP contribution in [0.25, 0.3) is 10.9 Å². The van der Waals surface area contributed by atoms with Crippen molar-refractivity contribution in [2.75, 3.05) is 11.9 Å². The molecular formula is C24H18BrFN4O3. The second kappa shape index (κ2) is 9.74. The van der Waals surface area contributed by atoms with Crippen molar-refractivity contribution >= 4 is 44.6 Å². The minimum Gasteiger partial charge on any atom is -0.484 e. The SMILES string of the molecule is Cc1nc2ccc(Br)cc2c(=O)n1N=Cc1ccc(OCC(=O)Nc2ccc(F)cc2)cc1. The maximum absolute atomic E-state index is 12.9. The Morgan fingerprint density at radius 2 is 1.88 bits per heavy atom. The van der Waals surface area contributed by atoms with Gasteiger partial charge in [0.1, 0.15) is 17.4 Å². The largest absolute Gasteiger partial charge is 0.484 e. The molecule has 0 aliphatic carbocycles. The van der Waals surface area contributed by atoms with Gasteiger partial charge in [-0.2, -0.15) is 9.78 Å². The van der Waals surface area contributed by atoms with Crippen LogP contribution in [-0.2, 0) is 4.79 Å². The number of anilines is 1. The van der Waals surface area contributed by atoms with Gasteiger partial charge >= 0.3 is 0 Å². The molecule has 3 aromatic carbocycles. The molecule has 1 amide bonds. The molecule has 0 aliphatic heterocycles. The second-order valence-corrected chi connectivity index (χ2v) is 8.01. The average molecular weight is 509 g/mol. The third-order valence-corrected chi connectivity index (χ3v) is 5.16. The predicted molar refractivity (Wildman–Crippen MR) is 128 cm³/mol. The van der Waals surface area contributed by atoms with Gasteiger partial charge in [0.2, 0.25) is 0 Å². The van der Waals surface area contributed by atoms with E-state index in [2.05, 4.69) is 31.3 Å². The van der Waals surface area contributed by atoms with E-state index in [9.17, 15) is 14.0 Å². The van der Waals surface area contributed by atoms with Crippen LogP contribution in [0.5, 0.6) is 5.75 Å². The van der Waals surface area contributed by atoms with Crippen LogP contribution in [-0.4, -0.2) is 28.4 Å². The van der Waals surface area contributed by atoms with E-state index in [1.807, 2.05) is 6.07 Å². The van der Waals surface area contributed by atoms with E-state index in [4.69, 9.17) is 4.74 Å². The van der Waals surface area contributed by atoms with Crippen molar-refractivity contribution in [3.05, 3.63) is 98.8 Å². The van der Waals surface area contributed by atoms with Crippen LogP contribution >= 0.6 is 15.9 Å². The normalized spacial score (nSPS) is 11.1. The number of nitrogens with one attached hydrogen (secondary N) is 1. The molecule has 0 unspecified atom stereocenters. The second-order valence-electron chi connectivity index (χ2n) is 7.09. The lowest BCUT2D eigenvalue weighted by Gasteiger charge is -2.08. The van der Waals surface area contributed by atoms with E-state index in [1.165, 1.54) is 28.9 Å². The number of amides is 1. The Morgan fingerprint density at radius 1 is 1.15 bits per heavy atom. The Labute approximate surface area is 196 Å². The van der Waals surface area contributed by atoms with Crippen LogP contribution in [0.15, 0.2) is 81.1 Å². The summed E-state index contributed by atoms with van der Waals surface area (Å²) in [7, 11) is 0. The molecule has 4 aromatic rings. The zero-order valence-corrected chi connectivity index (χ0v) is 19.0. The fourth-order valence-electron chi connectivity index (χ4n) is 3.05. The summed E-state index contributed by atoms with van der Waals surface area (Å²) in [6.45, 7) is 1.52. The monoisotopic (exact) mass is 508 g/mol. The molecule has 0 saturated heterocycles. The summed E-state index contributed by atoms with van der Waals surface area (Å²) in [5.74, 6) is 0.223. The van der Waals surface area contributed by atoms with Crippen molar-refractivity contribution in [1.82, 2.24) is 9.66 Å². The Balaban J connectivity index is 1.41. The number of fused-ring (bicyclic) bond motifs is 1. The fourth-order valence-corrected chi connectivity index (χ4v) is 3.41. The van der Waals surface area contributed by atoms with E-state index in [0.717, 1.165) is 10.0 Å². The third kappa shape index (κ3) is 5.50. The predicted octanol–water partition coefficient (Wildman–Crippen LogP) is 4.51. The molecule has 0 spiro atoms. The smallest absolute Gasteiger partial charge is 0.282 e. The van der Waals surface area contributed by atoms with Gasteiger partial charge in [0.05, 0.1) is 17.1 Å². The first kappa shape index (κ1) is 22.3. The average Bonchev–Trinajstić information content (AvgIpc) is 2.80. The number of hydrogen-bond donors (Lipinski definition) is 1. The minimum absolute atomic E-state index is 0.197. The summed E-state index contributed by atoms with van der Waals surface area (Å²) in [6, 6.07) is 17.7. The third-order valence-electron chi connectivity index (χ3n) is 4.67. The number of aromatic nitrogens is 2. The number of ether oxygens (including phenoxy) is 1. The number of carbonyl (C=O) groups excluding carboxylic acids is 1. The van der Waals surface area contributed by atoms with E-state index in [-0.39, 0.29) is 23.9 Å². The summed E-state index contributed by atoms with van der Waals surface area (Å²) in [6.07, 6.45) is 1.55. The maximum atomic E-state index is 12.9. The summed E-state index contributed by atoms with van der Waals surface area (Å²) in [4.78, 5) is 29.2. The minimum atomic E-state index is -0.377. The number of hydrogen-bond acceptors (Lipinski definition) is 5. The van der Waals surface area contributed by atoms with Crippen LogP contribution in [0, 0.1) is 12.7 Å². The van der Waals surface area contributed by atoms with E-state index in [1.54, 1.807) is 49.5 Å². The van der Waals surface area contributed by atoms with Gasteiger partial charge in [-0.1, -0.05) is 15.9 Å². The molecule has 0 aliphatic rings. The zero-order chi connectivity index (χ0) is 23.4. The number of nitrogens with zero attached hydrogens (tertiary/aromatic N) is 3. The van der Waals surface area contributed by atoms with Crippen molar-refractivity contribution in [3.8, 4) is 5.75 Å². The molecule has 0 fully saturated rings. The van der Waals surface area contributed by atoms with Gasteiger partial charge in [0.25, 0.3) is 11.5 Å². The first-order chi connectivity index (χ1) is 15.9. The van der Waals surface area contributed by atoms with Crippen molar-refractivity contribution < 1.29 is 13.9 Å². The lowest BCUT2D eigenvalue weighted by molar-refractivity contribution is -0.118. The molecule has 166 valence electrons. The quantitative estimate of drug-likeness (QED) is 0.388. The molecule has 0 saturated carbocycles. The van der Waals surface area contributed by atoms with Crippen molar-refractivity contribution in [2.45, 2.75) is 6.92 Å². The van der Waals surface area contributed by atoms with Crippen LogP contribution in [0.2, 0.25) is 0 Å². The number of aryl methyl sites for hydroxylation is 1. The van der Waals surface area contributed by atoms with Gasteiger partial charge in [-0.3, -0.25) is 9.59 Å². The van der Waals surface area contributed by atoms with E-state index < -0.39 is 0 Å². The van der Waals surface area contributed by atoms with E-state index in [0.29, 0.717) is 28.2 Å². The van der Waals surface area contributed by atoms with Gasteiger partial charge in [0, 0.05) is 10.2 Å². The lowest BCUT2D eigenvalue weighted by atomic mass is 10.2. The highest BCUT2D eigenvalue weighted by atomic mass is 79.9. The number of rotatable bonds is 6. The van der Waals surface area contributed by atoms with Crippen LogP contribution in [0.4, 0.5) is 10.1 Å². The summed E-state index contributed by atoms with van der Waals surface area (Å²) in [5.41, 5.74) is 1.57. The fraction of sp³-hybridized carbons (Fsp3) is 0.0833. The Morgan fingerprint density at radius 3 is 2.61 bits per heavy atom. The molecule has 0 bridgehead atoms. The van der Waals surface area contributed by atoms with E-state index >= 15 is 0 Å². The molecule has 7 nitrogen and oxygen atoms in total. The first-order valence-corrected chi connectivity index (χ1v) is 10.7. The maximum Gasteiger partial charge on any atom is 0.282 e. The van der Waals surface area contributed by atoms with Crippen molar-refractivity contribution in [2.24, 2.45) is 5.10 Å². The van der Waals surface area contributed by atoms with Crippen LogP contribution < -0.4 is 15.6 Å². The molecule has 1 aromatic heterocycles. The Hall–Kier alpha value is -3.85. The molecular weight excluding hydrogens is 491 g/mol. The van der Waals surface area contributed by atoms with Gasteiger partial charge in [-0.15, -0.1) is 0 Å². The molecule has 4 rings (SSSR count). The summed E-state index contributed by atoms with van der Waals surface area (Å²) < 4.78 is 20.4. The standard InChI is InChI=1S/C24H18BrFN4O3/c1-15-28-22-11-4-17(25)12-21(22)24(32)30(15)27-13-16-2-9-20(10-3-16)33-14-23(31)29-19-7-5-18(26)6-8-19/h2-13H,14H2,1H3,(H,29,31). The Bertz CT molecular complexity index is 1400. The Kier molecular flexibility index (Phi) is 6.60. The van der Waals surface area contributed by atoms with Crippen molar-refractivity contribution in [3.63, 3.8) is 0 Å². The molecule has 0 radical (unpaired) electrons. The zero-order valence-electron chi connectivity index (χ0n) is 17.5. The van der Waals surface area contributed by atoms with Gasteiger partial charge in [0.15, 0.2) is 6.61 Å². The molecule has 1 heterocycles. The highest BCUT2D eigenvalue weighted by Crippen LogP contribution is 2.16. The first-order valence-electron chi connectivity index (χ1n) is 9.90. The highest BCUT2D eigenvalue weighted by Gasteiger charge is 2.08. The highest BCUT2D eigenvalue weighted by molar-refractivity contribution is 9.10. The van der Waals surface area contributed by atoms with Gasteiger partial charge in [-0.05, 0) is 79.2 Å². The number of benzene rings is 3. The molecule has 33 heavy (non-hydrogen) atoms. The van der Waals surface area contributed by atoms with Gasteiger partial charge < -0.3 is 10.1 Å². The van der Waals surface area contributed by atoms with Gasteiger partial charge in [-0.25, -0.2) is 9.37 Å². The molecule has 0 atom stereocenters. The van der Waals surface area contributed by atoms with Crippen molar-refractivity contribution in [1.29, 1.82) is 0 Å². The topological polar surface area (TPSA) is 85.6 Å². The summed E-state index contributed by atoms with van der Waals surface area (Å²) in [5, 5.41) is 7.37. The number of halogens is 2.